The van der Waals surface area contributed by atoms with Gasteiger partial charge in [-0.3, -0.25) is 0 Å². The first-order chi connectivity index (χ1) is 10.5. The molecule has 2 rings (SSSR count). The Morgan fingerprint density at radius 2 is 1.45 bits per heavy atom. The van der Waals surface area contributed by atoms with Crippen molar-refractivity contribution < 1.29 is 26.8 Å². The number of methoxy groups -OCH3 is 3. The molecule has 2 aromatic carbocycles. The van der Waals surface area contributed by atoms with Crippen molar-refractivity contribution in [2.45, 2.75) is 4.90 Å². The van der Waals surface area contributed by atoms with Crippen LogP contribution in [0.2, 0.25) is 0 Å². The molecule has 0 aliphatic carbocycles. The highest BCUT2D eigenvalue weighted by molar-refractivity contribution is 7.87. The predicted octanol–water partition coefficient (Wildman–Crippen LogP) is 2.48. The molecule has 0 spiro atoms. The largest absolute Gasteiger partial charge is 0.497 e. The molecule has 22 heavy (non-hydrogen) atoms. The van der Waals surface area contributed by atoms with E-state index >= 15 is 0 Å². The molecule has 0 bridgehead atoms. The summed E-state index contributed by atoms with van der Waals surface area (Å²) in [6, 6.07) is 10.6. The highest BCUT2D eigenvalue weighted by atomic mass is 32.2. The summed E-state index contributed by atoms with van der Waals surface area (Å²) in [4.78, 5) is -0.0343. The van der Waals surface area contributed by atoms with Gasteiger partial charge in [0, 0.05) is 12.1 Å². The zero-order valence-corrected chi connectivity index (χ0v) is 13.2. The molecular formula is C15H16O6S. The van der Waals surface area contributed by atoms with Crippen molar-refractivity contribution in [2.24, 2.45) is 0 Å². The fourth-order valence-electron chi connectivity index (χ4n) is 1.80. The minimum absolute atomic E-state index is 0.0343. The zero-order valence-electron chi connectivity index (χ0n) is 12.4. The standard InChI is InChI=1S/C15H16O6S/c1-18-11-5-4-6-12(9-11)21-22(16,17)13-7-8-14(19-2)15(10-13)20-3/h4-10H,1-3H3. The summed E-state index contributed by atoms with van der Waals surface area (Å²) in [5, 5.41) is 0. The lowest BCUT2D eigenvalue weighted by atomic mass is 10.3. The summed E-state index contributed by atoms with van der Waals surface area (Å²) in [5.41, 5.74) is 0. The summed E-state index contributed by atoms with van der Waals surface area (Å²) < 4.78 is 44.9. The highest BCUT2D eigenvalue weighted by Crippen LogP contribution is 2.31. The van der Waals surface area contributed by atoms with Crippen LogP contribution in [0.1, 0.15) is 0 Å². The molecule has 0 aliphatic rings. The molecule has 0 aliphatic heterocycles. The van der Waals surface area contributed by atoms with Gasteiger partial charge in [-0.15, -0.1) is 0 Å². The third-order valence-corrected chi connectivity index (χ3v) is 4.13. The van der Waals surface area contributed by atoms with Crippen molar-refractivity contribution in [2.75, 3.05) is 21.3 Å². The molecule has 0 saturated carbocycles. The fourth-order valence-corrected chi connectivity index (χ4v) is 2.74. The van der Waals surface area contributed by atoms with Crippen LogP contribution in [0.15, 0.2) is 47.4 Å². The van der Waals surface area contributed by atoms with Crippen LogP contribution in [0.3, 0.4) is 0 Å². The van der Waals surface area contributed by atoms with Crippen LogP contribution in [-0.2, 0) is 10.1 Å². The van der Waals surface area contributed by atoms with Crippen molar-refractivity contribution >= 4 is 10.1 Å². The number of rotatable bonds is 6. The monoisotopic (exact) mass is 324 g/mol. The van der Waals surface area contributed by atoms with E-state index in [4.69, 9.17) is 18.4 Å². The Bertz CT molecular complexity index is 754. The van der Waals surface area contributed by atoms with E-state index in [9.17, 15) is 8.42 Å². The third kappa shape index (κ3) is 3.43. The van der Waals surface area contributed by atoms with E-state index in [-0.39, 0.29) is 10.6 Å². The summed E-state index contributed by atoms with van der Waals surface area (Å²) in [6.45, 7) is 0. The van der Waals surface area contributed by atoms with Gasteiger partial charge in [-0.25, -0.2) is 0 Å². The van der Waals surface area contributed by atoms with Crippen molar-refractivity contribution in [1.82, 2.24) is 0 Å². The van der Waals surface area contributed by atoms with E-state index in [1.54, 1.807) is 12.1 Å². The van der Waals surface area contributed by atoms with E-state index in [0.717, 1.165) is 0 Å². The van der Waals surface area contributed by atoms with Gasteiger partial charge in [0.1, 0.15) is 16.4 Å². The highest BCUT2D eigenvalue weighted by Gasteiger charge is 2.19. The van der Waals surface area contributed by atoms with Gasteiger partial charge in [0.05, 0.1) is 21.3 Å². The van der Waals surface area contributed by atoms with Crippen LogP contribution in [0.4, 0.5) is 0 Å². The predicted molar refractivity (Wildman–Crippen MR) is 80.4 cm³/mol. The van der Waals surface area contributed by atoms with Gasteiger partial charge in [-0.1, -0.05) is 6.07 Å². The molecule has 0 unspecified atom stereocenters. The molecule has 0 aromatic heterocycles. The Morgan fingerprint density at radius 3 is 2.09 bits per heavy atom. The summed E-state index contributed by atoms with van der Waals surface area (Å²) in [6.07, 6.45) is 0. The SMILES string of the molecule is COc1cccc(OS(=O)(=O)c2ccc(OC)c(OC)c2)c1. The summed E-state index contributed by atoms with van der Waals surface area (Å²) in [5.74, 6) is 1.40. The van der Waals surface area contributed by atoms with Gasteiger partial charge in [0.15, 0.2) is 11.5 Å². The number of ether oxygens (including phenoxy) is 3. The van der Waals surface area contributed by atoms with Crippen LogP contribution in [0, 0.1) is 0 Å². The van der Waals surface area contributed by atoms with Crippen LogP contribution in [0.5, 0.6) is 23.0 Å². The van der Waals surface area contributed by atoms with E-state index in [1.165, 1.54) is 51.7 Å². The topological polar surface area (TPSA) is 71.1 Å². The number of hydrogen-bond donors (Lipinski definition) is 0. The Hall–Kier alpha value is -2.41. The van der Waals surface area contributed by atoms with E-state index in [2.05, 4.69) is 0 Å². The minimum atomic E-state index is -3.99. The van der Waals surface area contributed by atoms with Crippen LogP contribution >= 0.6 is 0 Å². The lowest BCUT2D eigenvalue weighted by Gasteiger charge is -2.11. The van der Waals surface area contributed by atoms with Gasteiger partial charge in [0.25, 0.3) is 0 Å². The second-order valence-corrected chi connectivity index (χ2v) is 5.78. The third-order valence-electron chi connectivity index (χ3n) is 2.89. The quantitative estimate of drug-likeness (QED) is 0.760. The lowest BCUT2D eigenvalue weighted by molar-refractivity contribution is 0.353. The van der Waals surface area contributed by atoms with Crippen molar-refractivity contribution in [3.8, 4) is 23.0 Å². The van der Waals surface area contributed by atoms with Gasteiger partial charge < -0.3 is 18.4 Å². The molecule has 7 heteroatoms. The Kier molecular flexibility index (Phi) is 4.77. The van der Waals surface area contributed by atoms with Crippen LogP contribution in [0.25, 0.3) is 0 Å². The first-order valence-corrected chi connectivity index (χ1v) is 7.71. The minimum Gasteiger partial charge on any atom is -0.497 e. The first-order valence-electron chi connectivity index (χ1n) is 6.30. The van der Waals surface area contributed by atoms with Crippen molar-refractivity contribution in [3.05, 3.63) is 42.5 Å². The fraction of sp³-hybridized carbons (Fsp3) is 0.200. The van der Waals surface area contributed by atoms with E-state index in [1.807, 2.05) is 0 Å². The normalized spacial score (nSPS) is 10.9. The average Bonchev–Trinajstić information content (AvgIpc) is 2.53. The molecule has 0 saturated heterocycles. The molecule has 0 atom stereocenters. The van der Waals surface area contributed by atoms with E-state index in [0.29, 0.717) is 17.2 Å². The summed E-state index contributed by atoms with van der Waals surface area (Å²) >= 11 is 0. The Morgan fingerprint density at radius 1 is 0.773 bits per heavy atom. The second-order valence-electron chi connectivity index (χ2n) is 4.23. The maximum Gasteiger partial charge on any atom is 0.339 e. The molecule has 0 heterocycles. The second kappa shape index (κ2) is 6.57. The molecule has 6 nitrogen and oxygen atoms in total. The maximum absolute atomic E-state index is 12.3. The van der Waals surface area contributed by atoms with Gasteiger partial charge in [-0.05, 0) is 24.3 Å². The summed E-state index contributed by atoms with van der Waals surface area (Å²) in [7, 11) is 0.400. The molecule has 0 fully saturated rings. The Labute approximate surface area is 129 Å². The van der Waals surface area contributed by atoms with Gasteiger partial charge in [0.2, 0.25) is 0 Å². The van der Waals surface area contributed by atoms with E-state index < -0.39 is 10.1 Å². The number of benzene rings is 2. The van der Waals surface area contributed by atoms with Gasteiger partial charge in [-0.2, -0.15) is 8.42 Å². The van der Waals surface area contributed by atoms with Crippen LogP contribution in [-0.4, -0.2) is 29.7 Å². The molecule has 0 amide bonds. The molecule has 2 aromatic rings. The average molecular weight is 324 g/mol. The molecule has 0 radical (unpaired) electrons. The zero-order chi connectivity index (χ0) is 16.2. The van der Waals surface area contributed by atoms with Gasteiger partial charge >= 0.3 is 10.1 Å². The molecular weight excluding hydrogens is 308 g/mol. The first kappa shape index (κ1) is 16.0. The van der Waals surface area contributed by atoms with Crippen molar-refractivity contribution in [3.63, 3.8) is 0 Å². The smallest absolute Gasteiger partial charge is 0.339 e. The molecule has 0 N–H and O–H groups in total. The van der Waals surface area contributed by atoms with Crippen molar-refractivity contribution in [1.29, 1.82) is 0 Å². The van der Waals surface area contributed by atoms with Crippen LogP contribution < -0.4 is 18.4 Å². The number of hydrogen-bond acceptors (Lipinski definition) is 6. The molecule has 118 valence electrons. The Balaban J connectivity index is 2.33. The maximum atomic E-state index is 12.3. The lowest BCUT2D eigenvalue weighted by Crippen LogP contribution is -2.10.